The van der Waals surface area contributed by atoms with Crippen LogP contribution in [0.15, 0.2) is 12.1 Å². The molecule has 3 rings (SSSR count). The number of hydrogen-bond donors (Lipinski definition) is 0. The van der Waals surface area contributed by atoms with Crippen molar-refractivity contribution in [2.24, 2.45) is 0 Å². The second-order valence-electron chi connectivity index (χ2n) is 4.54. The van der Waals surface area contributed by atoms with Gasteiger partial charge in [0.1, 0.15) is 5.15 Å². The second kappa shape index (κ2) is 3.74. The van der Waals surface area contributed by atoms with Gasteiger partial charge in [0.2, 0.25) is 0 Å². The summed E-state index contributed by atoms with van der Waals surface area (Å²) >= 11 is 6.21. The van der Waals surface area contributed by atoms with Crippen molar-refractivity contribution in [1.82, 2.24) is 14.6 Å². The van der Waals surface area contributed by atoms with Gasteiger partial charge in [-0.1, -0.05) is 24.4 Å². The summed E-state index contributed by atoms with van der Waals surface area (Å²) in [5.74, 6) is 0.595. The molecule has 84 valence electrons. The van der Waals surface area contributed by atoms with Crippen molar-refractivity contribution >= 4 is 17.2 Å². The molecule has 3 nitrogen and oxygen atoms in total. The predicted molar refractivity (Wildman–Crippen MR) is 63.9 cm³/mol. The van der Waals surface area contributed by atoms with Crippen molar-refractivity contribution in [3.63, 3.8) is 0 Å². The van der Waals surface area contributed by atoms with Crippen LogP contribution in [0.25, 0.3) is 5.65 Å². The molecular formula is C12H14ClN3. The lowest BCUT2D eigenvalue weighted by molar-refractivity contribution is 0.694. The van der Waals surface area contributed by atoms with Crippen molar-refractivity contribution in [3.8, 4) is 0 Å². The third kappa shape index (κ3) is 1.59. The van der Waals surface area contributed by atoms with Crippen molar-refractivity contribution in [2.45, 2.75) is 38.5 Å². The van der Waals surface area contributed by atoms with E-state index < -0.39 is 0 Å². The standard InChI is InChI=1S/C12H14ClN3/c1-8-6-12-14-10(9-4-2-3-5-9)7-11(13)16(12)15-8/h6-7,9H,2-5H2,1H3. The van der Waals surface area contributed by atoms with Gasteiger partial charge in [0.15, 0.2) is 5.65 Å². The highest BCUT2D eigenvalue weighted by Gasteiger charge is 2.20. The number of nitrogens with zero attached hydrogens (tertiary/aromatic N) is 3. The van der Waals surface area contributed by atoms with Gasteiger partial charge < -0.3 is 0 Å². The SMILES string of the molecule is Cc1cc2nc(C3CCCC3)cc(Cl)n2n1. The molecule has 0 bridgehead atoms. The molecule has 16 heavy (non-hydrogen) atoms. The summed E-state index contributed by atoms with van der Waals surface area (Å²) in [7, 11) is 0. The minimum Gasteiger partial charge on any atom is -0.233 e. The number of aryl methyl sites for hydroxylation is 1. The molecule has 1 saturated carbocycles. The van der Waals surface area contributed by atoms with Crippen LogP contribution in [0, 0.1) is 6.92 Å². The van der Waals surface area contributed by atoms with E-state index in [0.29, 0.717) is 11.1 Å². The molecule has 1 aliphatic carbocycles. The van der Waals surface area contributed by atoms with Crippen LogP contribution in [0.4, 0.5) is 0 Å². The third-order valence-corrected chi connectivity index (χ3v) is 3.57. The fourth-order valence-corrected chi connectivity index (χ4v) is 2.74. The first-order chi connectivity index (χ1) is 7.74. The van der Waals surface area contributed by atoms with Crippen LogP contribution in [0.5, 0.6) is 0 Å². The minimum atomic E-state index is 0.595. The fourth-order valence-electron chi connectivity index (χ4n) is 2.50. The molecule has 0 unspecified atom stereocenters. The van der Waals surface area contributed by atoms with Crippen LogP contribution in [0.2, 0.25) is 5.15 Å². The summed E-state index contributed by atoms with van der Waals surface area (Å²) in [6.07, 6.45) is 5.11. The van der Waals surface area contributed by atoms with E-state index in [1.165, 1.54) is 25.7 Å². The van der Waals surface area contributed by atoms with E-state index in [9.17, 15) is 0 Å². The quantitative estimate of drug-likeness (QED) is 0.710. The van der Waals surface area contributed by atoms with E-state index in [2.05, 4.69) is 10.1 Å². The highest BCUT2D eigenvalue weighted by molar-refractivity contribution is 6.29. The molecule has 0 aliphatic heterocycles. The summed E-state index contributed by atoms with van der Waals surface area (Å²) in [6.45, 7) is 1.96. The zero-order valence-corrected chi connectivity index (χ0v) is 10.0. The maximum atomic E-state index is 6.21. The number of rotatable bonds is 1. The molecule has 2 aromatic heterocycles. The molecule has 2 heterocycles. The zero-order valence-electron chi connectivity index (χ0n) is 9.28. The van der Waals surface area contributed by atoms with Crippen LogP contribution in [0.1, 0.15) is 43.0 Å². The molecule has 0 amide bonds. The molecule has 0 atom stereocenters. The molecule has 0 spiro atoms. The summed E-state index contributed by atoms with van der Waals surface area (Å²) < 4.78 is 1.70. The highest BCUT2D eigenvalue weighted by atomic mass is 35.5. The van der Waals surface area contributed by atoms with E-state index in [0.717, 1.165) is 17.0 Å². The topological polar surface area (TPSA) is 30.2 Å². The largest absolute Gasteiger partial charge is 0.233 e. The highest BCUT2D eigenvalue weighted by Crippen LogP contribution is 2.34. The normalized spacial score (nSPS) is 17.4. The molecule has 0 N–H and O–H groups in total. The van der Waals surface area contributed by atoms with Gasteiger partial charge in [-0.25, -0.2) is 9.50 Å². The Labute approximate surface area is 99.4 Å². The molecule has 1 aliphatic rings. The van der Waals surface area contributed by atoms with Crippen molar-refractivity contribution in [3.05, 3.63) is 28.7 Å². The smallest absolute Gasteiger partial charge is 0.157 e. The maximum Gasteiger partial charge on any atom is 0.157 e. The van der Waals surface area contributed by atoms with Gasteiger partial charge in [-0.2, -0.15) is 5.10 Å². The summed E-state index contributed by atoms with van der Waals surface area (Å²) in [5.41, 5.74) is 2.96. The first kappa shape index (κ1) is 10.1. The van der Waals surface area contributed by atoms with E-state index >= 15 is 0 Å². The molecule has 0 saturated heterocycles. The first-order valence-electron chi connectivity index (χ1n) is 5.77. The summed E-state index contributed by atoms with van der Waals surface area (Å²) in [5, 5.41) is 4.97. The van der Waals surface area contributed by atoms with Gasteiger partial charge >= 0.3 is 0 Å². The van der Waals surface area contributed by atoms with Crippen LogP contribution in [-0.4, -0.2) is 14.6 Å². The third-order valence-electron chi connectivity index (χ3n) is 3.30. The Morgan fingerprint density at radius 1 is 1.31 bits per heavy atom. The van der Waals surface area contributed by atoms with Gasteiger partial charge in [0.05, 0.1) is 5.69 Å². The van der Waals surface area contributed by atoms with Crippen molar-refractivity contribution in [1.29, 1.82) is 0 Å². The number of hydrogen-bond acceptors (Lipinski definition) is 2. The summed E-state index contributed by atoms with van der Waals surface area (Å²) in [4.78, 5) is 4.65. The Hall–Kier alpha value is -1.09. The second-order valence-corrected chi connectivity index (χ2v) is 4.93. The van der Waals surface area contributed by atoms with Crippen molar-refractivity contribution < 1.29 is 0 Å². The van der Waals surface area contributed by atoms with Crippen LogP contribution < -0.4 is 0 Å². The molecule has 2 aromatic rings. The minimum absolute atomic E-state index is 0.595. The van der Waals surface area contributed by atoms with Gasteiger partial charge in [-0.05, 0) is 25.8 Å². The number of halogens is 1. The monoisotopic (exact) mass is 235 g/mol. The lowest BCUT2D eigenvalue weighted by Crippen LogP contribution is -2.01. The van der Waals surface area contributed by atoms with Gasteiger partial charge in [-0.15, -0.1) is 0 Å². The van der Waals surface area contributed by atoms with Crippen LogP contribution in [0.3, 0.4) is 0 Å². The number of fused-ring (bicyclic) bond motifs is 1. The van der Waals surface area contributed by atoms with Crippen LogP contribution in [-0.2, 0) is 0 Å². The molecule has 4 heteroatoms. The molecular weight excluding hydrogens is 222 g/mol. The average Bonchev–Trinajstić information content (AvgIpc) is 2.84. The lowest BCUT2D eigenvalue weighted by atomic mass is 10.0. The maximum absolute atomic E-state index is 6.21. The molecule has 1 fully saturated rings. The van der Waals surface area contributed by atoms with E-state index in [1.54, 1.807) is 4.52 Å². The van der Waals surface area contributed by atoms with Crippen LogP contribution >= 0.6 is 11.6 Å². The average molecular weight is 236 g/mol. The zero-order chi connectivity index (χ0) is 11.1. The number of aromatic nitrogens is 3. The van der Waals surface area contributed by atoms with Gasteiger partial charge in [-0.3, -0.25) is 0 Å². The van der Waals surface area contributed by atoms with E-state index in [4.69, 9.17) is 11.6 Å². The predicted octanol–water partition coefficient (Wildman–Crippen LogP) is 3.35. The Bertz CT molecular complexity index is 526. The Balaban J connectivity index is 2.12. The lowest BCUT2D eigenvalue weighted by Gasteiger charge is -2.09. The Kier molecular flexibility index (Phi) is 2.36. The fraction of sp³-hybridized carbons (Fsp3) is 0.500. The Morgan fingerprint density at radius 2 is 2.06 bits per heavy atom. The van der Waals surface area contributed by atoms with Gasteiger partial charge in [0.25, 0.3) is 0 Å². The van der Waals surface area contributed by atoms with E-state index in [1.807, 2.05) is 19.1 Å². The molecule has 0 radical (unpaired) electrons. The molecule has 0 aromatic carbocycles. The first-order valence-corrected chi connectivity index (χ1v) is 6.14. The van der Waals surface area contributed by atoms with Gasteiger partial charge in [0, 0.05) is 17.7 Å². The summed E-state index contributed by atoms with van der Waals surface area (Å²) in [6, 6.07) is 3.95. The Morgan fingerprint density at radius 3 is 2.81 bits per heavy atom. The van der Waals surface area contributed by atoms with E-state index in [-0.39, 0.29) is 0 Å². The van der Waals surface area contributed by atoms with Crippen molar-refractivity contribution in [2.75, 3.05) is 0 Å².